The van der Waals surface area contributed by atoms with Gasteiger partial charge >= 0.3 is 0 Å². The molecule has 6 aromatic rings. The second kappa shape index (κ2) is 16.7. The largest absolute Gasteiger partial charge is 0.312 e. The molecule has 0 radical (unpaired) electrons. The number of halogens is 1. The molecule has 0 unspecified atom stereocenters. The molecule has 0 bridgehead atoms. The fourth-order valence-corrected chi connectivity index (χ4v) is 8.27. The molecule has 2 fully saturated rings. The molecule has 8 rings (SSSR count). The van der Waals surface area contributed by atoms with E-state index in [4.69, 9.17) is 16.9 Å². The normalized spacial score (nSPS) is 15.9. The lowest BCUT2D eigenvalue weighted by Gasteiger charge is -2.29. The van der Waals surface area contributed by atoms with Crippen molar-refractivity contribution in [3.8, 4) is 17.6 Å². The van der Waals surface area contributed by atoms with Crippen molar-refractivity contribution in [3.05, 3.63) is 118 Å². The predicted octanol–water partition coefficient (Wildman–Crippen LogP) is 9.02. The average molecular weight is 754 g/mol. The van der Waals surface area contributed by atoms with Crippen LogP contribution in [0.4, 0.5) is 0 Å². The number of fused-ring (bicyclic) bond motifs is 2. The van der Waals surface area contributed by atoms with E-state index in [0.717, 1.165) is 107 Å². The molecule has 282 valence electrons. The van der Waals surface area contributed by atoms with Crippen molar-refractivity contribution < 1.29 is 9.59 Å². The van der Waals surface area contributed by atoms with Gasteiger partial charge in [-0.1, -0.05) is 61.8 Å². The number of nitriles is 1. The molecule has 0 spiro atoms. The summed E-state index contributed by atoms with van der Waals surface area (Å²) in [6, 6.07) is 25.4. The van der Waals surface area contributed by atoms with Gasteiger partial charge in [-0.2, -0.15) is 5.26 Å². The highest BCUT2D eigenvalue weighted by Gasteiger charge is 2.26. The van der Waals surface area contributed by atoms with Gasteiger partial charge in [0.05, 0.1) is 41.0 Å². The minimum Gasteiger partial charge on any atom is -0.312 e. The summed E-state index contributed by atoms with van der Waals surface area (Å²) >= 11 is 6.00. The highest BCUT2D eigenvalue weighted by molar-refractivity contribution is 6.30. The second-order valence-corrected chi connectivity index (χ2v) is 15.7. The number of para-hydroxylation sites is 2. The van der Waals surface area contributed by atoms with E-state index in [2.05, 4.69) is 42.7 Å². The third-order valence-corrected chi connectivity index (χ3v) is 11.6. The fourth-order valence-electron chi connectivity index (χ4n) is 8.16. The number of likely N-dealkylation sites (tertiary alicyclic amines) is 2. The maximum absolute atomic E-state index is 13.3. The lowest BCUT2D eigenvalue weighted by molar-refractivity contribution is 0.0893. The first-order chi connectivity index (χ1) is 26.6. The Hall–Kier alpha value is -5.14. The number of piperidine rings is 2. The molecule has 6 heterocycles. The van der Waals surface area contributed by atoms with E-state index in [9.17, 15) is 9.59 Å². The number of nitrogens with zero attached hydrogens (tertiary/aromatic N) is 7. The standard InChI is InChI=1S/C23H24N4O.C22H24ClN3O/c1-16-9-11-26(12-10-16)15-22(28)23-17(2)27(21-6-4-3-5-20(21)23)19-8-7-18(13-24)25-14-19;1-15-9-11-25(12-10-15)14-20(27)22-16(2)26(19-6-4-3-5-18(19)22)21-8-7-17(23)13-24-21/h3-8,14,16H,9-12,15H2,1-2H3;3-8,13,15H,9-12,14H2,1-2H3. The molecule has 0 aliphatic carbocycles. The molecule has 55 heavy (non-hydrogen) atoms. The van der Waals surface area contributed by atoms with E-state index in [1.165, 1.54) is 12.8 Å². The molecule has 4 aromatic heterocycles. The first-order valence-electron chi connectivity index (χ1n) is 19.3. The predicted molar refractivity (Wildman–Crippen MR) is 220 cm³/mol. The number of hydrogen-bond acceptors (Lipinski definition) is 7. The molecule has 2 aromatic carbocycles. The Labute approximate surface area is 328 Å². The minimum atomic E-state index is 0.170. The van der Waals surface area contributed by atoms with Crippen LogP contribution < -0.4 is 0 Å². The zero-order valence-corrected chi connectivity index (χ0v) is 32.9. The van der Waals surface area contributed by atoms with Crippen LogP contribution in [-0.2, 0) is 0 Å². The van der Waals surface area contributed by atoms with Crippen molar-refractivity contribution in [1.82, 2.24) is 28.9 Å². The Bertz CT molecular complexity index is 2360. The Morgan fingerprint density at radius 1 is 0.691 bits per heavy atom. The second-order valence-electron chi connectivity index (χ2n) is 15.2. The lowest BCUT2D eigenvalue weighted by atomic mass is 9.98. The summed E-state index contributed by atoms with van der Waals surface area (Å²) in [5.74, 6) is 2.64. The van der Waals surface area contributed by atoms with Crippen LogP contribution in [0.2, 0.25) is 5.02 Å². The van der Waals surface area contributed by atoms with Crippen molar-refractivity contribution in [2.24, 2.45) is 11.8 Å². The molecular formula is C45H48ClN7O2. The van der Waals surface area contributed by atoms with Gasteiger partial charge in [0.25, 0.3) is 0 Å². The summed E-state index contributed by atoms with van der Waals surface area (Å²) in [4.78, 5) is 39.7. The number of carbonyl (C=O) groups is 2. The van der Waals surface area contributed by atoms with Gasteiger partial charge in [-0.15, -0.1) is 0 Å². The summed E-state index contributed by atoms with van der Waals surface area (Å²) in [6.07, 6.45) is 7.99. The molecule has 10 heteroatoms. The highest BCUT2D eigenvalue weighted by atomic mass is 35.5. The Balaban J connectivity index is 0.000000169. The van der Waals surface area contributed by atoms with Crippen LogP contribution in [-0.4, -0.2) is 79.7 Å². The molecule has 2 saturated heterocycles. The van der Waals surface area contributed by atoms with Crippen LogP contribution in [0.5, 0.6) is 0 Å². The molecule has 0 N–H and O–H groups in total. The van der Waals surface area contributed by atoms with E-state index in [-0.39, 0.29) is 11.6 Å². The fraction of sp³-hybridized carbons (Fsp3) is 0.356. The number of rotatable bonds is 8. The van der Waals surface area contributed by atoms with Crippen LogP contribution in [0.1, 0.15) is 77.3 Å². The molecular weight excluding hydrogens is 706 g/mol. The van der Waals surface area contributed by atoms with Crippen LogP contribution >= 0.6 is 11.6 Å². The number of pyridine rings is 2. The maximum Gasteiger partial charge on any atom is 0.179 e. The molecule has 2 aliphatic rings. The quantitative estimate of drug-likeness (QED) is 0.143. The zero-order chi connectivity index (χ0) is 38.6. The van der Waals surface area contributed by atoms with E-state index < -0.39 is 0 Å². The molecule has 0 saturated carbocycles. The summed E-state index contributed by atoms with van der Waals surface area (Å²) in [7, 11) is 0. The number of ketones is 2. The maximum atomic E-state index is 13.3. The van der Waals surface area contributed by atoms with Gasteiger partial charge in [-0.25, -0.2) is 9.97 Å². The van der Waals surface area contributed by atoms with Crippen molar-refractivity contribution in [2.45, 2.75) is 53.4 Å². The monoisotopic (exact) mass is 753 g/mol. The molecule has 0 amide bonds. The Kier molecular flexibility index (Phi) is 11.6. The number of carbonyl (C=O) groups excluding carboxylic acids is 2. The van der Waals surface area contributed by atoms with E-state index >= 15 is 0 Å². The third-order valence-electron chi connectivity index (χ3n) is 11.3. The summed E-state index contributed by atoms with van der Waals surface area (Å²) in [6.45, 7) is 13.5. The molecule has 2 aliphatic heterocycles. The van der Waals surface area contributed by atoms with Crippen molar-refractivity contribution in [1.29, 1.82) is 5.26 Å². The zero-order valence-electron chi connectivity index (χ0n) is 32.1. The van der Waals surface area contributed by atoms with Crippen LogP contribution in [0.3, 0.4) is 0 Å². The van der Waals surface area contributed by atoms with Gasteiger partial charge < -0.3 is 4.57 Å². The Morgan fingerprint density at radius 3 is 1.67 bits per heavy atom. The number of benzene rings is 2. The van der Waals surface area contributed by atoms with Gasteiger partial charge in [0.2, 0.25) is 0 Å². The van der Waals surface area contributed by atoms with Gasteiger partial charge in [-0.3, -0.25) is 24.0 Å². The van der Waals surface area contributed by atoms with E-state index in [1.54, 1.807) is 18.5 Å². The molecule has 0 atom stereocenters. The first-order valence-corrected chi connectivity index (χ1v) is 19.7. The average Bonchev–Trinajstić information content (AvgIpc) is 3.67. The van der Waals surface area contributed by atoms with Crippen molar-refractivity contribution >= 4 is 45.0 Å². The highest BCUT2D eigenvalue weighted by Crippen LogP contribution is 2.31. The SMILES string of the molecule is Cc1c(C(=O)CN2CCC(C)CC2)c2ccccc2n1-c1ccc(C#N)nc1.Cc1c(C(=O)CN2CCC(C)CC2)c2ccccc2n1-c1ccc(Cl)cn1. The van der Waals surface area contributed by atoms with Gasteiger partial charge in [0, 0.05) is 39.5 Å². The van der Waals surface area contributed by atoms with Crippen molar-refractivity contribution in [2.75, 3.05) is 39.3 Å². The molecule has 9 nitrogen and oxygen atoms in total. The van der Waals surface area contributed by atoms with Crippen LogP contribution in [0, 0.1) is 37.0 Å². The first kappa shape index (κ1) is 38.1. The smallest absolute Gasteiger partial charge is 0.179 e. The van der Waals surface area contributed by atoms with E-state index in [0.29, 0.717) is 23.8 Å². The number of Topliss-reactive ketones (excluding diaryl/α,β-unsaturated/α-hetero) is 2. The van der Waals surface area contributed by atoms with Gasteiger partial charge in [0.15, 0.2) is 11.6 Å². The minimum absolute atomic E-state index is 0.170. The summed E-state index contributed by atoms with van der Waals surface area (Å²) in [5.41, 5.74) is 6.68. The van der Waals surface area contributed by atoms with Gasteiger partial charge in [-0.05, 0) is 114 Å². The third kappa shape index (κ3) is 8.13. The summed E-state index contributed by atoms with van der Waals surface area (Å²) < 4.78 is 4.12. The number of hydrogen-bond donors (Lipinski definition) is 0. The van der Waals surface area contributed by atoms with E-state index in [1.807, 2.05) is 86.6 Å². The van der Waals surface area contributed by atoms with Crippen LogP contribution in [0.15, 0.2) is 85.2 Å². The van der Waals surface area contributed by atoms with Gasteiger partial charge in [0.1, 0.15) is 17.6 Å². The summed E-state index contributed by atoms with van der Waals surface area (Å²) in [5, 5.41) is 11.6. The lowest BCUT2D eigenvalue weighted by Crippen LogP contribution is -2.36. The van der Waals surface area contributed by atoms with Crippen LogP contribution in [0.25, 0.3) is 33.3 Å². The number of aromatic nitrogens is 4. The Morgan fingerprint density at radius 2 is 1.20 bits per heavy atom. The topological polar surface area (TPSA) is 100 Å². The van der Waals surface area contributed by atoms with Crippen molar-refractivity contribution in [3.63, 3.8) is 0 Å².